The van der Waals surface area contributed by atoms with Crippen LogP contribution in [0.2, 0.25) is 0 Å². The monoisotopic (exact) mass is 204 g/mol. The normalized spacial score (nSPS) is 11.8. The molecular weight excluding hydrogens is 193 g/mol. The van der Waals surface area contributed by atoms with Crippen molar-refractivity contribution in [3.05, 3.63) is 23.3 Å². The Kier molecular flexibility index (Phi) is 3.08. The third-order valence-electron chi connectivity index (χ3n) is 1.88. The second-order valence-corrected chi connectivity index (χ2v) is 2.86. The average Bonchev–Trinajstić information content (AvgIpc) is 2.15. The summed E-state index contributed by atoms with van der Waals surface area (Å²) in [6, 6.07) is 0. The highest BCUT2D eigenvalue weighted by Crippen LogP contribution is 2.30. The van der Waals surface area contributed by atoms with Gasteiger partial charge in [0.1, 0.15) is 5.82 Å². The molecule has 0 N–H and O–H groups in total. The Labute approximate surface area is 80.2 Å². The fraction of sp³-hybridized carbons (Fsp3) is 0.556. The lowest BCUT2D eigenvalue weighted by molar-refractivity contribution is -0.142. The summed E-state index contributed by atoms with van der Waals surface area (Å²) in [5, 5.41) is 0. The largest absolute Gasteiger partial charge is 0.433 e. The summed E-state index contributed by atoms with van der Waals surface area (Å²) in [6.07, 6.45) is -2.42. The van der Waals surface area contributed by atoms with Crippen LogP contribution in [-0.2, 0) is 19.0 Å². The Bertz CT molecular complexity index is 320. The maximum Gasteiger partial charge on any atom is 0.433 e. The first kappa shape index (κ1) is 10.9. The van der Waals surface area contributed by atoms with Gasteiger partial charge in [0, 0.05) is 18.2 Å². The van der Waals surface area contributed by atoms with Crippen molar-refractivity contribution in [1.82, 2.24) is 9.97 Å². The van der Waals surface area contributed by atoms with E-state index in [1.807, 2.05) is 0 Å². The van der Waals surface area contributed by atoms with Crippen molar-refractivity contribution in [3.8, 4) is 0 Å². The zero-order chi connectivity index (χ0) is 10.8. The lowest BCUT2D eigenvalue weighted by Gasteiger charge is -2.10. The van der Waals surface area contributed by atoms with Crippen molar-refractivity contribution in [2.45, 2.75) is 32.9 Å². The van der Waals surface area contributed by atoms with Crippen LogP contribution in [0, 0.1) is 0 Å². The predicted molar refractivity (Wildman–Crippen MR) is 45.8 cm³/mol. The second-order valence-electron chi connectivity index (χ2n) is 2.86. The highest BCUT2D eigenvalue weighted by Gasteiger charge is 2.35. The molecule has 1 aromatic heterocycles. The number of alkyl halides is 3. The minimum atomic E-state index is -4.38. The van der Waals surface area contributed by atoms with Crippen molar-refractivity contribution in [3.63, 3.8) is 0 Å². The van der Waals surface area contributed by atoms with Gasteiger partial charge in [-0.25, -0.2) is 9.97 Å². The molecule has 78 valence electrons. The van der Waals surface area contributed by atoms with E-state index in [4.69, 9.17) is 0 Å². The van der Waals surface area contributed by atoms with Gasteiger partial charge in [0.2, 0.25) is 0 Å². The van der Waals surface area contributed by atoms with Crippen LogP contribution in [0.25, 0.3) is 0 Å². The summed E-state index contributed by atoms with van der Waals surface area (Å²) in [5.74, 6) is 0.231. The molecule has 14 heavy (non-hydrogen) atoms. The van der Waals surface area contributed by atoms with Gasteiger partial charge in [0.15, 0.2) is 5.69 Å². The average molecular weight is 204 g/mol. The van der Waals surface area contributed by atoms with E-state index in [0.717, 1.165) is 0 Å². The molecule has 1 aromatic rings. The van der Waals surface area contributed by atoms with Gasteiger partial charge in [-0.2, -0.15) is 13.2 Å². The molecule has 0 bridgehead atoms. The molecule has 0 saturated heterocycles. The molecule has 0 aliphatic heterocycles. The Morgan fingerprint density at radius 3 is 2.29 bits per heavy atom. The van der Waals surface area contributed by atoms with Crippen molar-refractivity contribution in [2.24, 2.45) is 0 Å². The van der Waals surface area contributed by atoms with Crippen molar-refractivity contribution < 1.29 is 13.2 Å². The van der Waals surface area contributed by atoms with Crippen LogP contribution < -0.4 is 0 Å². The Morgan fingerprint density at radius 1 is 1.21 bits per heavy atom. The van der Waals surface area contributed by atoms with E-state index in [1.165, 1.54) is 6.20 Å². The molecule has 0 aliphatic carbocycles. The minimum Gasteiger partial charge on any atom is -0.241 e. The summed E-state index contributed by atoms with van der Waals surface area (Å²) in [7, 11) is 0. The number of hydrogen-bond acceptors (Lipinski definition) is 2. The van der Waals surface area contributed by atoms with Gasteiger partial charge in [-0.1, -0.05) is 13.8 Å². The lowest BCUT2D eigenvalue weighted by Crippen LogP contribution is -2.14. The fourth-order valence-electron chi connectivity index (χ4n) is 1.12. The van der Waals surface area contributed by atoms with Gasteiger partial charge in [-0.3, -0.25) is 0 Å². The van der Waals surface area contributed by atoms with Gasteiger partial charge in [-0.05, 0) is 6.42 Å². The van der Waals surface area contributed by atoms with Crippen LogP contribution >= 0.6 is 0 Å². The van der Waals surface area contributed by atoms with Gasteiger partial charge in [0.05, 0.1) is 0 Å². The van der Waals surface area contributed by atoms with Gasteiger partial charge in [-0.15, -0.1) is 0 Å². The Balaban J connectivity index is 3.22. The smallest absolute Gasteiger partial charge is 0.241 e. The molecule has 0 saturated carbocycles. The van der Waals surface area contributed by atoms with Crippen LogP contribution in [0.5, 0.6) is 0 Å². The summed E-state index contributed by atoms with van der Waals surface area (Å²) in [4.78, 5) is 7.33. The van der Waals surface area contributed by atoms with Crippen LogP contribution in [0.3, 0.4) is 0 Å². The zero-order valence-corrected chi connectivity index (χ0v) is 8.02. The molecular formula is C9H11F3N2. The van der Waals surface area contributed by atoms with Crippen molar-refractivity contribution in [2.75, 3.05) is 0 Å². The van der Waals surface area contributed by atoms with E-state index in [1.54, 1.807) is 13.8 Å². The molecule has 0 unspecified atom stereocenters. The number of aryl methyl sites for hydroxylation is 2. The van der Waals surface area contributed by atoms with Crippen LogP contribution in [0.1, 0.15) is 30.9 Å². The lowest BCUT2D eigenvalue weighted by atomic mass is 10.1. The maximum absolute atomic E-state index is 12.5. The molecule has 0 atom stereocenters. The number of rotatable bonds is 2. The first-order chi connectivity index (χ1) is 6.49. The zero-order valence-electron chi connectivity index (χ0n) is 8.02. The van der Waals surface area contributed by atoms with Crippen LogP contribution in [-0.4, -0.2) is 9.97 Å². The van der Waals surface area contributed by atoms with Gasteiger partial charge >= 0.3 is 6.18 Å². The number of halogens is 3. The van der Waals surface area contributed by atoms with Crippen LogP contribution in [0.4, 0.5) is 13.2 Å². The molecule has 5 heteroatoms. The molecule has 0 fully saturated rings. The Morgan fingerprint density at radius 2 is 1.86 bits per heavy atom. The highest BCUT2D eigenvalue weighted by molar-refractivity contribution is 5.20. The quantitative estimate of drug-likeness (QED) is 0.740. The van der Waals surface area contributed by atoms with E-state index in [9.17, 15) is 13.2 Å². The summed E-state index contributed by atoms with van der Waals surface area (Å²) < 4.78 is 37.4. The molecule has 0 amide bonds. The molecule has 2 nitrogen and oxygen atoms in total. The molecule has 0 radical (unpaired) electrons. The summed E-state index contributed by atoms with van der Waals surface area (Å²) in [5.41, 5.74) is -0.651. The standard InChI is InChI=1S/C9H11F3N2/c1-3-6-5-13-7(4-2)14-8(6)9(10,11)12/h5H,3-4H2,1-2H3. The topological polar surface area (TPSA) is 25.8 Å². The van der Waals surface area contributed by atoms with E-state index in [2.05, 4.69) is 9.97 Å². The molecule has 1 rings (SSSR count). The number of nitrogens with zero attached hydrogens (tertiary/aromatic N) is 2. The van der Waals surface area contributed by atoms with Crippen molar-refractivity contribution in [1.29, 1.82) is 0 Å². The molecule has 1 heterocycles. The van der Waals surface area contributed by atoms with E-state index in [-0.39, 0.29) is 11.4 Å². The molecule has 0 aliphatic rings. The van der Waals surface area contributed by atoms with Crippen molar-refractivity contribution >= 4 is 0 Å². The predicted octanol–water partition coefficient (Wildman–Crippen LogP) is 2.62. The van der Waals surface area contributed by atoms with E-state index < -0.39 is 11.9 Å². The third-order valence-corrected chi connectivity index (χ3v) is 1.88. The third kappa shape index (κ3) is 2.21. The van der Waals surface area contributed by atoms with Gasteiger partial charge in [0.25, 0.3) is 0 Å². The Hall–Kier alpha value is -1.13. The maximum atomic E-state index is 12.5. The fourth-order valence-corrected chi connectivity index (χ4v) is 1.12. The number of hydrogen-bond donors (Lipinski definition) is 0. The van der Waals surface area contributed by atoms with Gasteiger partial charge < -0.3 is 0 Å². The highest BCUT2D eigenvalue weighted by atomic mass is 19.4. The minimum absolute atomic E-state index is 0.148. The number of aromatic nitrogens is 2. The van der Waals surface area contributed by atoms with Crippen LogP contribution in [0.15, 0.2) is 6.20 Å². The second kappa shape index (κ2) is 3.94. The van der Waals surface area contributed by atoms with E-state index in [0.29, 0.717) is 12.8 Å². The first-order valence-corrected chi connectivity index (χ1v) is 4.41. The molecule has 0 spiro atoms. The summed E-state index contributed by atoms with van der Waals surface area (Å²) in [6.45, 7) is 3.38. The molecule has 0 aromatic carbocycles. The first-order valence-electron chi connectivity index (χ1n) is 4.41. The summed E-state index contributed by atoms with van der Waals surface area (Å²) >= 11 is 0. The SMILES string of the molecule is CCc1ncc(CC)c(C(F)(F)F)n1. The van der Waals surface area contributed by atoms with E-state index >= 15 is 0 Å².